The van der Waals surface area contributed by atoms with Crippen LogP contribution < -0.4 is 10.6 Å². The standard InChI is InChI=1S/C19H31N5O.HI/c1-5-24(17-10-11-17)13-12-21-19(20-2)22-14-15-6-8-16(9-7-15)18(25)23(3)4;/h6-9,17H,5,10-14H2,1-4H3,(H2,20,21,22);1H. The Kier molecular flexibility index (Phi) is 9.93. The fourth-order valence-electron chi connectivity index (χ4n) is 2.79. The van der Waals surface area contributed by atoms with E-state index in [4.69, 9.17) is 0 Å². The predicted molar refractivity (Wildman–Crippen MR) is 118 cm³/mol. The molecule has 1 fully saturated rings. The Hall–Kier alpha value is -1.35. The Bertz CT molecular complexity index is 584. The van der Waals surface area contributed by atoms with E-state index < -0.39 is 0 Å². The molecule has 0 radical (unpaired) electrons. The fraction of sp³-hybridized carbons (Fsp3) is 0.579. The maximum Gasteiger partial charge on any atom is 0.253 e. The van der Waals surface area contributed by atoms with Crippen molar-refractivity contribution in [3.63, 3.8) is 0 Å². The lowest BCUT2D eigenvalue weighted by atomic mass is 10.1. The molecule has 1 aromatic carbocycles. The van der Waals surface area contributed by atoms with Crippen LogP contribution in [0.2, 0.25) is 0 Å². The summed E-state index contributed by atoms with van der Waals surface area (Å²) in [4.78, 5) is 20.3. The minimum Gasteiger partial charge on any atom is -0.355 e. The third kappa shape index (κ3) is 7.11. The lowest BCUT2D eigenvalue weighted by Gasteiger charge is -2.20. The maximum atomic E-state index is 11.9. The summed E-state index contributed by atoms with van der Waals surface area (Å²) >= 11 is 0. The van der Waals surface area contributed by atoms with E-state index in [1.807, 2.05) is 24.3 Å². The molecule has 0 heterocycles. The van der Waals surface area contributed by atoms with Crippen LogP contribution in [0.5, 0.6) is 0 Å². The number of nitrogens with one attached hydrogen (secondary N) is 2. The monoisotopic (exact) mass is 473 g/mol. The molecule has 26 heavy (non-hydrogen) atoms. The number of nitrogens with zero attached hydrogens (tertiary/aromatic N) is 3. The molecule has 0 aromatic heterocycles. The average molecular weight is 473 g/mol. The molecule has 0 saturated heterocycles. The number of aliphatic imine (C=N–C) groups is 1. The number of likely N-dealkylation sites (N-methyl/N-ethyl adjacent to an activating group) is 1. The molecule has 1 amide bonds. The molecule has 7 heteroatoms. The molecular formula is C19H32IN5O. The van der Waals surface area contributed by atoms with Crippen molar-refractivity contribution in [3.05, 3.63) is 35.4 Å². The molecule has 146 valence electrons. The number of hydrogen-bond donors (Lipinski definition) is 2. The number of hydrogen-bond acceptors (Lipinski definition) is 3. The number of carbonyl (C=O) groups is 1. The number of amides is 1. The van der Waals surface area contributed by atoms with E-state index in [1.54, 1.807) is 26.0 Å². The normalized spacial score (nSPS) is 14.0. The van der Waals surface area contributed by atoms with Crippen molar-refractivity contribution < 1.29 is 4.79 Å². The van der Waals surface area contributed by atoms with Crippen molar-refractivity contribution in [1.82, 2.24) is 20.4 Å². The zero-order valence-corrected chi connectivity index (χ0v) is 18.6. The van der Waals surface area contributed by atoms with Gasteiger partial charge in [0.05, 0.1) is 0 Å². The van der Waals surface area contributed by atoms with Crippen molar-refractivity contribution in [2.75, 3.05) is 40.8 Å². The van der Waals surface area contributed by atoms with Gasteiger partial charge in [-0.1, -0.05) is 19.1 Å². The molecule has 1 aliphatic carbocycles. The molecule has 0 bridgehead atoms. The summed E-state index contributed by atoms with van der Waals surface area (Å²) in [5.74, 6) is 0.827. The van der Waals surface area contributed by atoms with E-state index in [2.05, 4.69) is 27.4 Å². The van der Waals surface area contributed by atoms with Gasteiger partial charge in [-0.2, -0.15) is 0 Å². The molecule has 2 N–H and O–H groups in total. The van der Waals surface area contributed by atoms with E-state index in [0.717, 1.165) is 37.2 Å². The van der Waals surface area contributed by atoms with Crippen LogP contribution in [-0.2, 0) is 6.54 Å². The van der Waals surface area contributed by atoms with E-state index in [9.17, 15) is 4.79 Å². The summed E-state index contributed by atoms with van der Waals surface area (Å²) < 4.78 is 0. The molecule has 6 nitrogen and oxygen atoms in total. The number of rotatable bonds is 8. The van der Waals surface area contributed by atoms with Gasteiger partial charge in [-0.25, -0.2) is 0 Å². The van der Waals surface area contributed by atoms with Gasteiger partial charge in [0, 0.05) is 52.4 Å². The minimum absolute atomic E-state index is 0. The Balaban J connectivity index is 0.00000338. The molecular weight excluding hydrogens is 441 g/mol. The molecule has 1 saturated carbocycles. The summed E-state index contributed by atoms with van der Waals surface area (Å²) in [5.41, 5.74) is 1.82. The SMILES string of the molecule is CCN(CCNC(=NC)NCc1ccc(C(=O)N(C)C)cc1)C1CC1.I. The van der Waals surface area contributed by atoms with Gasteiger partial charge in [0.25, 0.3) is 5.91 Å². The summed E-state index contributed by atoms with van der Waals surface area (Å²) in [6.45, 7) is 5.94. The summed E-state index contributed by atoms with van der Waals surface area (Å²) in [7, 11) is 5.30. The van der Waals surface area contributed by atoms with Crippen LogP contribution in [0.15, 0.2) is 29.3 Å². The third-order valence-electron chi connectivity index (χ3n) is 4.45. The zero-order valence-electron chi connectivity index (χ0n) is 16.3. The first kappa shape index (κ1) is 22.7. The average Bonchev–Trinajstić information content (AvgIpc) is 3.46. The number of halogens is 1. The molecule has 0 unspecified atom stereocenters. The van der Waals surface area contributed by atoms with Crippen LogP contribution in [0, 0.1) is 0 Å². The van der Waals surface area contributed by atoms with Gasteiger partial charge in [0.2, 0.25) is 0 Å². The van der Waals surface area contributed by atoms with Gasteiger partial charge in [-0.15, -0.1) is 24.0 Å². The van der Waals surface area contributed by atoms with Crippen LogP contribution in [0.3, 0.4) is 0 Å². The van der Waals surface area contributed by atoms with Crippen LogP contribution in [0.1, 0.15) is 35.7 Å². The maximum absolute atomic E-state index is 11.9. The molecule has 0 spiro atoms. The largest absolute Gasteiger partial charge is 0.355 e. The molecule has 0 aliphatic heterocycles. The molecule has 0 atom stereocenters. The van der Waals surface area contributed by atoms with Crippen molar-refractivity contribution in [2.45, 2.75) is 32.4 Å². The Morgan fingerprint density at radius 2 is 1.85 bits per heavy atom. The highest BCUT2D eigenvalue weighted by Gasteiger charge is 2.27. The van der Waals surface area contributed by atoms with Crippen LogP contribution in [-0.4, -0.2) is 68.5 Å². The van der Waals surface area contributed by atoms with Crippen molar-refractivity contribution in [3.8, 4) is 0 Å². The molecule has 1 aromatic rings. The van der Waals surface area contributed by atoms with E-state index in [0.29, 0.717) is 12.1 Å². The summed E-state index contributed by atoms with van der Waals surface area (Å²) in [5, 5.41) is 6.69. The molecule has 1 aliphatic rings. The Morgan fingerprint density at radius 1 is 1.19 bits per heavy atom. The Morgan fingerprint density at radius 3 is 2.35 bits per heavy atom. The van der Waals surface area contributed by atoms with Crippen molar-refractivity contribution >= 4 is 35.8 Å². The molecule has 2 rings (SSSR count). The fourth-order valence-corrected chi connectivity index (χ4v) is 2.79. The number of guanidine groups is 1. The summed E-state index contributed by atoms with van der Waals surface area (Å²) in [6.07, 6.45) is 2.68. The second-order valence-corrected chi connectivity index (χ2v) is 6.61. The van der Waals surface area contributed by atoms with Crippen LogP contribution >= 0.6 is 24.0 Å². The number of benzene rings is 1. The predicted octanol–water partition coefficient (Wildman–Crippen LogP) is 2.16. The van der Waals surface area contributed by atoms with Gasteiger partial charge in [-0.3, -0.25) is 14.7 Å². The van der Waals surface area contributed by atoms with Gasteiger partial charge in [-0.05, 0) is 37.1 Å². The van der Waals surface area contributed by atoms with E-state index >= 15 is 0 Å². The first-order chi connectivity index (χ1) is 12.0. The minimum atomic E-state index is 0. The second-order valence-electron chi connectivity index (χ2n) is 6.61. The summed E-state index contributed by atoms with van der Waals surface area (Å²) in [6, 6.07) is 8.48. The second kappa shape index (κ2) is 11.4. The third-order valence-corrected chi connectivity index (χ3v) is 4.45. The first-order valence-corrected chi connectivity index (χ1v) is 9.04. The smallest absolute Gasteiger partial charge is 0.253 e. The zero-order chi connectivity index (χ0) is 18.2. The first-order valence-electron chi connectivity index (χ1n) is 9.04. The highest BCUT2D eigenvalue weighted by Crippen LogP contribution is 2.25. The number of carbonyl (C=O) groups excluding carboxylic acids is 1. The van der Waals surface area contributed by atoms with Gasteiger partial charge < -0.3 is 15.5 Å². The van der Waals surface area contributed by atoms with Crippen molar-refractivity contribution in [2.24, 2.45) is 4.99 Å². The van der Waals surface area contributed by atoms with Crippen LogP contribution in [0.25, 0.3) is 0 Å². The highest BCUT2D eigenvalue weighted by molar-refractivity contribution is 14.0. The van der Waals surface area contributed by atoms with Gasteiger partial charge in [0.1, 0.15) is 0 Å². The van der Waals surface area contributed by atoms with Gasteiger partial charge >= 0.3 is 0 Å². The quantitative estimate of drug-likeness (QED) is 0.345. The van der Waals surface area contributed by atoms with E-state index in [1.165, 1.54) is 12.8 Å². The van der Waals surface area contributed by atoms with Crippen LogP contribution in [0.4, 0.5) is 0 Å². The van der Waals surface area contributed by atoms with Gasteiger partial charge in [0.15, 0.2) is 5.96 Å². The lowest BCUT2D eigenvalue weighted by Crippen LogP contribution is -2.41. The topological polar surface area (TPSA) is 60.0 Å². The lowest BCUT2D eigenvalue weighted by molar-refractivity contribution is 0.0827. The Labute approximate surface area is 174 Å². The van der Waals surface area contributed by atoms with E-state index in [-0.39, 0.29) is 29.9 Å². The van der Waals surface area contributed by atoms with Crippen molar-refractivity contribution in [1.29, 1.82) is 0 Å². The highest BCUT2D eigenvalue weighted by atomic mass is 127.